The van der Waals surface area contributed by atoms with Gasteiger partial charge in [-0.05, 0) is 50.6 Å². The molecule has 218 valence electrons. The highest BCUT2D eigenvalue weighted by Crippen LogP contribution is 2.54. The molecule has 7 aromatic rings. The number of aliphatic hydroxyl groups is 2. The van der Waals surface area contributed by atoms with Crippen LogP contribution in [0.25, 0.3) is 44.5 Å². The summed E-state index contributed by atoms with van der Waals surface area (Å²) in [4.78, 5) is 0. The third-order valence-electron chi connectivity index (χ3n) is 9.97. The van der Waals surface area contributed by atoms with Crippen LogP contribution in [0.4, 0.5) is 0 Å². The number of rotatable bonds is 4. The summed E-state index contributed by atoms with van der Waals surface area (Å²) < 4.78 is 0. The number of hydrogen-bond acceptors (Lipinski definition) is 2. The van der Waals surface area contributed by atoms with E-state index in [4.69, 9.17) is 0 Å². The molecule has 0 aliphatic heterocycles. The van der Waals surface area contributed by atoms with Crippen molar-refractivity contribution in [2.24, 2.45) is 0 Å². The van der Waals surface area contributed by atoms with E-state index in [0.29, 0.717) is 0 Å². The van der Waals surface area contributed by atoms with Gasteiger partial charge in [0.25, 0.3) is 0 Å². The van der Waals surface area contributed by atoms with E-state index in [1.807, 2.05) is 109 Å². The van der Waals surface area contributed by atoms with Gasteiger partial charge in [-0.2, -0.15) is 0 Å². The first kappa shape index (κ1) is 26.8. The van der Waals surface area contributed by atoms with Gasteiger partial charge in [0.05, 0.1) is 0 Å². The minimum absolute atomic E-state index is 0.843. The molecule has 0 radical (unpaired) electrons. The maximum atomic E-state index is 12.8. The summed E-state index contributed by atoms with van der Waals surface area (Å²) in [5, 5.41) is 25.5. The Morgan fingerprint density at radius 3 is 0.804 bits per heavy atom. The van der Waals surface area contributed by atoms with E-state index in [1.54, 1.807) is 0 Å². The number of hydrogen-bond donors (Lipinski definition) is 2. The van der Waals surface area contributed by atoms with Crippen LogP contribution in [0.1, 0.15) is 33.4 Å². The molecular formula is C44H30O2. The molecule has 2 nitrogen and oxygen atoms in total. The van der Waals surface area contributed by atoms with Gasteiger partial charge in [0.2, 0.25) is 0 Å². The highest BCUT2D eigenvalue weighted by atomic mass is 16.3. The van der Waals surface area contributed by atoms with Crippen LogP contribution in [-0.4, -0.2) is 10.2 Å². The molecule has 2 aliphatic carbocycles. The molecule has 0 saturated heterocycles. The highest BCUT2D eigenvalue weighted by Gasteiger charge is 2.45. The molecule has 46 heavy (non-hydrogen) atoms. The van der Waals surface area contributed by atoms with E-state index in [1.165, 1.54) is 0 Å². The van der Waals surface area contributed by atoms with Crippen LogP contribution in [0, 0.1) is 0 Å². The Bertz CT molecular complexity index is 2060. The maximum Gasteiger partial charge on any atom is 0.142 e. The van der Waals surface area contributed by atoms with Crippen molar-refractivity contribution in [3.63, 3.8) is 0 Å². The molecule has 0 atom stereocenters. The Morgan fingerprint density at radius 2 is 0.500 bits per heavy atom. The maximum absolute atomic E-state index is 12.8. The molecule has 0 spiro atoms. The summed E-state index contributed by atoms with van der Waals surface area (Å²) in [5.74, 6) is 0. The lowest BCUT2D eigenvalue weighted by molar-refractivity contribution is 0.131. The molecule has 0 saturated carbocycles. The second-order valence-corrected chi connectivity index (χ2v) is 12.3. The van der Waals surface area contributed by atoms with Crippen LogP contribution in [0.15, 0.2) is 170 Å². The summed E-state index contributed by atoms with van der Waals surface area (Å²) in [5.41, 5.74) is 10.8. The van der Waals surface area contributed by atoms with Crippen LogP contribution >= 0.6 is 0 Å². The van der Waals surface area contributed by atoms with Crippen molar-refractivity contribution in [2.45, 2.75) is 11.2 Å². The minimum Gasteiger partial charge on any atom is -0.376 e. The largest absolute Gasteiger partial charge is 0.376 e. The normalized spacial score (nSPS) is 14.7. The van der Waals surface area contributed by atoms with Crippen molar-refractivity contribution in [2.75, 3.05) is 0 Å². The van der Waals surface area contributed by atoms with Crippen molar-refractivity contribution in [3.05, 3.63) is 203 Å². The van der Waals surface area contributed by atoms with E-state index >= 15 is 0 Å². The van der Waals surface area contributed by atoms with Crippen LogP contribution in [0.2, 0.25) is 0 Å². The van der Waals surface area contributed by atoms with E-state index in [9.17, 15) is 10.2 Å². The second kappa shape index (κ2) is 9.98. The highest BCUT2D eigenvalue weighted by molar-refractivity contribution is 5.87. The van der Waals surface area contributed by atoms with Crippen molar-refractivity contribution in [1.82, 2.24) is 0 Å². The molecule has 0 aromatic heterocycles. The molecule has 2 N–H and O–H groups in total. The second-order valence-electron chi connectivity index (χ2n) is 12.3. The van der Waals surface area contributed by atoms with E-state index in [2.05, 4.69) is 60.7 Å². The zero-order valence-electron chi connectivity index (χ0n) is 25.1. The smallest absolute Gasteiger partial charge is 0.142 e. The molecule has 0 fully saturated rings. The number of fused-ring (bicyclic) bond motifs is 6. The average Bonchev–Trinajstić information content (AvgIpc) is 3.55. The lowest BCUT2D eigenvalue weighted by atomic mass is 9.79. The monoisotopic (exact) mass is 590 g/mol. The number of benzene rings is 7. The Morgan fingerprint density at radius 1 is 0.261 bits per heavy atom. The Kier molecular flexibility index (Phi) is 5.82. The molecule has 0 amide bonds. The zero-order chi connectivity index (χ0) is 30.9. The van der Waals surface area contributed by atoms with Gasteiger partial charge in [-0.1, -0.05) is 164 Å². The fourth-order valence-electron chi connectivity index (χ4n) is 7.96. The van der Waals surface area contributed by atoms with Crippen LogP contribution in [0.5, 0.6) is 0 Å². The van der Waals surface area contributed by atoms with Gasteiger partial charge < -0.3 is 10.2 Å². The standard InChI is InChI=1S/C44H30O2/c45-43(39-24-9-3-18-33(39)34-19-4-10-25-40(34)43)37-22-7-1-16-31(37)29-14-13-15-30(28-29)32-17-2-8-23-38(32)44(46)41-26-11-5-20-35(41)36-21-6-12-27-42(36)44/h1-28,45-46H. The fourth-order valence-corrected chi connectivity index (χ4v) is 7.96. The van der Waals surface area contributed by atoms with Gasteiger partial charge in [-0.3, -0.25) is 0 Å². The molecular weight excluding hydrogens is 560 g/mol. The van der Waals surface area contributed by atoms with E-state index in [-0.39, 0.29) is 0 Å². The third kappa shape index (κ3) is 3.60. The Hall–Kier alpha value is -5.54. The van der Waals surface area contributed by atoms with Gasteiger partial charge in [0.1, 0.15) is 11.2 Å². The fraction of sp³-hybridized carbons (Fsp3) is 0.0455. The molecule has 2 heteroatoms. The topological polar surface area (TPSA) is 40.5 Å². The van der Waals surface area contributed by atoms with Crippen LogP contribution in [-0.2, 0) is 11.2 Å². The first-order valence-electron chi connectivity index (χ1n) is 15.7. The Labute approximate surface area is 268 Å². The average molecular weight is 591 g/mol. The predicted octanol–water partition coefficient (Wildman–Crippen LogP) is 9.55. The van der Waals surface area contributed by atoms with Gasteiger partial charge in [-0.25, -0.2) is 0 Å². The quantitative estimate of drug-likeness (QED) is 0.214. The van der Waals surface area contributed by atoms with Gasteiger partial charge in [-0.15, -0.1) is 0 Å². The summed E-state index contributed by atoms with van der Waals surface area (Å²) in [6.45, 7) is 0. The molecule has 0 unspecified atom stereocenters. The first-order chi connectivity index (χ1) is 22.6. The molecule has 0 bridgehead atoms. The van der Waals surface area contributed by atoms with Gasteiger partial charge in [0.15, 0.2) is 0 Å². The van der Waals surface area contributed by atoms with Gasteiger partial charge in [0, 0.05) is 33.4 Å². The van der Waals surface area contributed by atoms with Crippen LogP contribution < -0.4 is 0 Å². The summed E-state index contributed by atoms with van der Waals surface area (Å²) in [6, 6.07) is 57.5. The minimum atomic E-state index is -1.30. The van der Waals surface area contributed by atoms with Crippen molar-refractivity contribution >= 4 is 0 Å². The van der Waals surface area contributed by atoms with Crippen molar-refractivity contribution < 1.29 is 10.2 Å². The predicted molar refractivity (Wildman–Crippen MR) is 185 cm³/mol. The van der Waals surface area contributed by atoms with Gasteiger partial charge >= 0.3 is 0 Å². The molecule has 9 rings (SSSR count). The van der Waals surface area contributed by atoms with E-state index < -0.39 is 11.2 Å². The molecule has 2 aliphatic rings. The third-order valence-corrected chi connectivity index (χ3v) is 9.97. The first-order valence-corrected chi connectivity index (χ1v) is 15.7. The molecule has 7 aromatic carbocycles. The SMILES string of the molecule is OC1(c2ccccc2-c2cccc(-c3ccccc3C3(O)c4ccccc4-c4ccccc43)c2)c2ccccc2-c2ccccc21. The zero-order valence-corrected chi connectivity index (χ0v) is 25.1. The summed E-state index contributed by atoms with van der Waals surface area (Å²) in [6.07, 6.45) is 0. The lowest BCUT2D eigenvalue weighted by Crippen LogP contribution is -2.27. The van der Waals surface area contributed by atoms with E-state index in [0.717, 1.165) is 77.9 Å². The summed E-state index contributed by atoms with van der Waals surface area (Å²) >= 11 is 0. The lowest BCUT2D eigenvalue weighted by Gasteiger charge is -2.30. The molecule has 0 heterocycles. The summed E-state index contributed by atoms with van der Waals surface area (Å²) in [7, 11) is 0. The van der Waals surface area contributed by atoms with Crippen molar-refractivity contribution in [3.8, 4) is 44.5 Å². The van der Waals surface area contributed by atoms with Crippen molar-refractivity contribution in [1.29, 1.82) is 0 Å². The van der Waals surface area contributed by atoms with Crippen LogP contribution in [0.3, 0.4) is 0 Å². The Balaban J connectivity index is 1.22.